The van der Waals surface area contributed by atoms with Crippen LogP contribution in [-0.2, 0) is 4.74 Å². The Bertz CT molecular complexity index is 464. The van der Waals surface area contributed by atoms with E-state index in [0.29, 0.717) is 23.8 Å². The van der Waals surface area contributed by atoms with Crippen LogP contribution in [0.1, 0.15) is 35.4 Å². The van der Waals surface area contributed by atoms with E-state index < -0.39 is 5.97 Å². The van der Waals surface area contributed by atoms with Crippen molar-refractivity contribution in [2.45, 2.75) is 32.3 Å². The molecule has 2 unspecified atom stereocenters. The van der Waals surface area contributed by atoms with Gasteiger partial charge in [0.2, 0.25) is 0 Å². The zero-order chi connectivity index (χ0) is 13.8. The number of methoxy groups -OCH3 is 1. The Kier molecular flexibility index (Phi) is 4.31. The van der Waals surface area contributed by atoms with E-state index in [4.69, 9.17) is 4.74 Å². The highest BCUT2D eigenvalue weighted by Gasteiger charge is 2.25. The summed E-state index contributed by atoms with van der Waals surface area (Å²) in [4.78, 5) is 19.8. The molecular weight excluding hydrogens is 246 g/mol. The van der Waals surface area contributed by atoms with Crippen molar-refractivity contribution in [3.8, 4) is 0 Å². The third kappa shape index (κ3) is 3.20. The van der Waals surface area contributed by atoms with Crippen molar-refractivity contribution < 1.29 is 14.6 Å². The summed E-state index contributed by atoms with van der Waals surface area (Å²) in [6, 6.07) is 0. The Morgan fingerprint density at radius 2 is 2.37 bits per heavy atom. The lowest BCUT2D eigenvalue weighted by Crippen LogP contribution is -2.23. The molecule has 0 spiro atoms. The topological polar surface area (TPSA) is 84.3 Å². The summed E-state index contributed by atoms with van der Waals surface area (Å²) in [5, 5.41) is 12.9. The Hall–Kier alpha value is -1.69. The Morgan fingerprint density at radius 3 is 3.00 bits per heavy atom. The van der Waals surface area contributed by atoms with Crippen molar-refractivity contribution in [3.63, 3.8) is 0 Å². The van der Waals surface area contributed by atoms with Gasteiger partial charge in [0.25, 0.3) is 0 Å². The minimum absolute atomic E-state index is 0.209. The molecule has 6 nitrogen and oxygen atoms in total. The molecule has 1 saturated carbocycles. The fourth-order valence-electron chi connectivity index (χ4n) is 2.35. The van der Waals surface area contributed by atoms with Crippen LogP contribution in [0, 0.1) is 12.8 Å². The lowest BCUT2D eigenvalue weighted by atomic mass is 10.1. The van der Waals surface area contributed by atoms with Gasteiger partial charge in [-0.2, -0.15) is 0 Å². The highest BCUT2D eigenvalue weighted by Crippen LogP contribution is 2.26. The van der Waals surface area contributed by atoms with E-state index in [0.717, 1.165) is 19.3 Å². The fraction of sp³-hybridized carbons (Fsp3) is 0.615. The maximum Gasteiger partial charge on any atom is 0.343 e. The largest absolute Gasteiger partial charge is 0.465 e. The van der Waals surface area contributed by atoms with E-state index in [1.165, 1.54) is 13.3 Å². The van der Waals surface area contributed by atoms with Crippen LogP contribution in [0.15, 0.2) is 6.20 Å². The Balaban J connectivity index is 2.09. The van der Waals surface area contributed by atoms with E-state index in [9.17, 15) is 9.90 Å². The van der Waals surface area contributed by atoms with Crippen LogP contribution in [0.4, 0.5) is 5.82 Å². The van der Waals surface area contributed by atoms with Crippen molar-refractivity contribution in [1.82, 2.24) is 9.97 Å². The molecule has 2 N–H and O–H groups in total. The van der Waals surface area contributed by atoms with Gasteiger partial charge in [-0.1, -0.05) is 6.42 Å². The molecule has 0 saturated heterocycles. The zero-order valence-corrected chi connectivity index (χ0v) is 11.2. The van der Waals surface area contributed by atoms with Gasteiger partial charge in [-0.3, -0.25) is 0 Å². The van der Waals surface area contributed by atoms with Crippen molar-refractivity contribution >= 4 is 11.8 Å². The predicted octanol–water partition coefficient (Wildman–Crippen LogP) is 1.14. The molecule has 1 aliphatic rings. The third-order valence-electron chi connectivity index (χ3n) is 3.47. The van der Waals surface area contributed by atoms with Crippen LogP contribution in [0.5, 0.6) is 0 Å². The van der Waals surface area contributed by atoms with Gasteiger partial charge in [-0.25, -0.2) is 14.8 Å². The summed E-state index contributed by atoms with van der Waals surface area (Å²) in [6.45, 7) is 2.36. The van der Waals surface area contributed by atoms with Gasteiger partial charge < -0.3 is 15.2 Å². The molecule has 0 aromatic carbocycles. The van der Waals surface area contributed by atoms with Crippen molar-refractivity contribution in [3.05, 3.63) is 17.6 Å². The molecule has 2 atom stereocenters. The minimum atomic E-state index is -0.463. The molecule has 19 heavy (non-hydrogen) atoms. The molecule has 0 amide bonds. The summed E-state index contributed by atoms with van der Waals surface area (Å²) in [5.74, 6) is 0.802. The number of aliphatic hydroxyl groups is 1. The second-order valence-electron chi connectivity index (χ2n) is 4.81. The Labute approximate surface area is 112 Å². The number of nitrogens with zero attached hydrogens (tertiary/aromatic N) is 2. The summed E-state index contributed by atoms with van der Waals surface area (Å²) in [7, 11) is 1.33. The maximum absolute atomic E-state index is 11.6. The number of aliphatic hydroxyl groups excluding tert-OH is 1. The summed E-state index contributed by atoms with van der Waals surface area (Å²) in [6.07, 6.45) is 4.07. The van der Waals surface area contributed by atoms with E-state index in [-0.39, 0.29) is 12.0 Å². The number of nitrogens with one attached hydrogen (secondary N) is 1. The second kappa shape index (κ2) is 5.97. The average Bonchev–Trinajstić information content (AvgIpc) is 2.81. The third-order valence-corrected chi connectivity index (χ3v) is 3.47. The molecular formula is C13H19N3O3. The van der Waals surface area contributed by atoms with Crippen LogP contribution >= 0.6 is 0 Å². The summed E-state index contributed by atoms with van der Waals surface area (Å²) >= 11 is 0. The monoisotopic (exact) mass is 265 g/mol. The van der Waals surface area contributed by atoms with Crippen molar-refractivity contribution in [2.24, 2.45) is 5.92 Å². The lowest BCUT2D eigenvalue weighted by Gasteiger charge is -2.16. The van der Waals surface area contributed by atoms with Gasteiger partial charge in [0, 0.05) is 18.7 Å². The van der Waals surface area contributed by atoms with Crippen LogP contribution in [0.2, 0.25) is 0 Å². The molecule has 1 fully saturated rings. The molecule has 1 heterocycles. The van der Waals surface area contributed by atoms with Crippen LogP contribution < -0.4 is 5.32 Å². The number of esters is 1. The van der Waals surface area contributed by atoms with Crippen LogP contribution in [0.25, 0.3) is 0 Å². The highest BCUT2D eigenvalue weighted by atomic mass is 16.5. The van der Waals surface area contributed by atoms with Gasteiger partial charge >= 0.3 is 5.97 Å². The first kappa shape index (κ1) is 13.7. The number of hydrogen-bond acceptors (Lipinski definition) is 6. The summed E-state index contributed by atoms with van der Waals surface area (Å²) in [5.41, 5.74) is 0.320. The van der Waals surface area contributed by atoms with Gasteiger partial charge in [0.15, 0.2) is 0 Å². The second-order valence-corrected chi connectivity index (χ2v) is 4.81. The Morgan fingerprint density at radius 1 is 1.58 bits per heavy atom. The first-order chi connectivity index (χ1) is 9.11. The van der Waals surface area contributed by atoms with E-state index in [1.54, 1.807) is 6.92 Å². The first-order valence-electron chi connectivity index (χ1n) is 6.45. The molecule has 0 radical (unpaired) electrons. The molecule has 1 aromatic rings. The smallest absolute Gasteiger partial charge is 0.343 e. The van der Waals surface area contributed by atoms with Gasteiger partial charge in [0.05, 0.1) is 13.2 Å². The van der Waals surface area contributed by atoms with Gasteiger partial charge in [-0.05, 0) is 19.8 Å². The SMILES string of the molecule is COC(=O)c1cnc(C)nc1NCC1CCCC1O. The number of ether oxygens (including phenoxy) is 1. The number of hydrogen-bond donors (Lipinski definition) is 2. The van der Waals surface area contributed by atoms with Crippen molar-refractivity contribution in [1.29, 1.82) is 0 Å². The van der Waals surface area contributed by atoms with E-state index in [2.05, 4.69) is 15.3 Å². The first-order valence-corrected chi connectivity index (χ1v) is 6.45. The maximum atomic E-state index is 11.6. The van der Waals surface area contributed by atoms with Gasteiger partial charge in [-0.15, -0.1) is 0 Å². The van der Waals surface area contributed by atoms with Crippen LogP contribution in [0.3, 0.4) is 0 Å². The average molecular weight is 265 g/mol. The number of carbonyl (C=O) groups is 1. The van der Waals surface area contributed by atoms with E-state index >= 15 is 0 Å². The number of aromatic nitrogens is 2. The fourth-order valence-corrected chi connectivity index (χ4v) is 2.35. The molecule has 2 rings (SSSR count). The molecule has 104 valence electrons. The summed E-state index contributed by atoms with van der Waals surface area (Å²) < 4.78 is 4.70. The zero-order valence-electron chi connectivity index (χ0n) is 11.2. The number of carbonyl (C=O) groups excluding carboxylic acids is 1. The standard InChI is InChI=1S/C13H19N3O3/c1-8-14-7-10(13(18)19-2)12(16-8)15-6-9-4-3-5-11(9)17/h7,9,11,17H,3-6H2,1-2H3,(H,14,15,16). The van der Waals surface area contributed by atoms with Gasteiger partial charge in [0.1, 0.15) is 17.2 Å². The predicted molar refractivity (Wildman–Crippen MR) is 69.9 cm³/mol. The molecule has 6 heteroatoms. The van der Waals surface area contributed by atoms with Crippen molar-refractivity contribution in [2.75, 3.05) is 19.0 Å². The molecule has 1 aliphatic carbocycles. The number of rotatable bonds is 4. The number of aryl methyl sites for hydroxylation is 1. The van der Waals surface area contributed by atoms with E-state index in [1.807, 2.05) is 0 Å². The minimum Gasteiger partial charge on any atom is -0.465 e. The lowest BCUT2D eigenvalue weighted by molar-refractivity contribution is 0.0601. The number of anilines is 1. The quantitative estimate of drug-likeness (QED) is 0.794. The van der Waals surface area contributed by atoms with Crippen LogP contribution in [-0.4, -0.2) is 40.8 Å². The highest BCUT2D eigenvalue weighted by molar-refractivity contribution is 5.94. The molecule has 1 aromatic heterocycles. The normalized spacial score (nSPS) is 22.3. The molecule has 0 bridgehead atoms. The molecule has 0 aliphatic heterocycles.